The maximum atomic E-state index is 12.7. The standard InChI is InChI=1S/C15H12F2N4/c16-15(17)11-3-1-5-13(9-11)21-8-6-14(20-21)19-12-4-2-7-18-10-12/h1-10,15H,(H,19,20). The Morgan fingerprint density at radius 2 is 2.00 bits per heavy atom. The summed E-state index contributed by atoms with van der Waals surface area (Å²) in [5, 5.41) is 7.40. The second-order valence-electron chi connectivity index (χ2n) is 4.41. The zero-order valence-electron chi connectivity index (χ0n) is 10.9. The smallest absolute Gasteiger partial charge is 0.263 e. The fourth-order valence-corrected chi connectivity index (χ4v) is 1.92. The van der Waals surface area contributed by atoms with Crippen LogP contribution in [-0.4, -0.2) is 14.8 Å². The number of nitrogens with one attached hydrogen (secondary N) is 1. The van der Waals surface area contributed by atoms with Crippen LogP contribution >= 0.6 is 0 Å². The van der Waals surface area contributed by atoms with Crippen LogP contribution < -0.4 is 5.32 Å². The average Bonchev–Trinajstić information content (AvgIpc) is 2.97. The van der Waals surface area contributed by atoms with E-state index in [2.05, 4.69) is 15.4 Å². The Kier molecular flexibility index (Phi) is 3.59. The van der Waals surface area contributed by atoms with Crippen molar-refractivity contribution >= 4 is 11.5 Å². The molecule has 1 N–H and O–H groups in total. The highest BCUT2D eigenvalue weighted by atomic mass is 19.3. The summed E-state index contributed by atoms with van der Waals surface area (Å²) in [7, 11) is 0. The molecule has 0 fully saturated rings. The van der Waals surface area contributed by atoms with E-state index in [1.54, 1.807) is 41.5 Å². The van der Waals surface area contributed by atoms with Crippen molar-refractivity contribution in [2.24, 2.45) is 0 Å². The van der Waals surface area contributed by atoms with Gasteiger partial charge in [0.05, 0.1) is 17.6 Å². The van der Waals surface area contributed by atoms with E-state index >= 15 is 0 Å². The summed E-state index contributed by atoms with van der Waals surface area (Å²) in [6, 6.07) is 11.6. The lowest BCUT2D eigenvalue weighted by Gasteiger charge is -2.05. The number of alkyl halides is 2. The Morgan fingerprint density at radius 3 is 2.76 bits per heavy atom. The summed E-state index contributed by atoms with van der Waals surface area (Å²) in [5.74, 6) is 0.616. The maximum Gasteiger partial charge on any atom is 0.263 e. The Labute approximate surface area is 120 Å². The van der Waals surface area contributed by atoms with Crippen molar-refractivity contribution < 1.29 is 8.78 Å². The predicted octanol–water partition coefficient (Wildman–Crippen LogP) is 3.95. The molecule has 21 heavy (non-hydrogen) atoms. The van der Waals surface area contributed by atoms with Crippen molar-refractivity contribution in [3.8, 4) is 5.69 Å². The number of hydrogen-bond donors (Lipinski definition) is 1. The minimum Gasteiger partial charge on any atom is -0.337 e. The highest BCUT2D eigenvalue weighted by Crippen LogP contribution is 2.22. The fraction of sp³-hybridized carbons (Fsp3) is 0.0667. The van der Waals surface area contributed by atoms with Gasteiger partial charge in [0.15, 0.2) is 5.82 Å². The third-order valence-corrected chi connectivity index (χ3v) is 2.91. The molecule has 0 aliphatic rings. The van der Waals surface area contributed by atoms with Crippen LogP contribution in [0, 0.1) is 0 Å². The maximum absolute atomic E-state index is 12.7. The molecule has 0 saturated carbocycles. The van der Waals surface area contributed by atoms with Gasteiger partial charge < -0.3 is 5.32 Å². The van der Waals surface area contributed by atoms with Crippen LogP contribution in [0.3, 0.4) is 0 Å². The lowest BCUT2D eigenvalue weighted by atomic mass is 10.2. The first kappa shape index (κ1) is 13.2. The first-order valence-corrected chi connectivity index (χ1v) is 6.33. The van der Waals surface area contributed by atoms with E-state index in [0.29, 0.717) is 11.5 Å². The number of benzene rings is 1. The number of hydrogen-bond acceptors (Lipinski definition) is 3. The number of nitrogens with zero attached hydrogens (tertiary/aromatic N) is 3. The summed E-state index contributed by atoms with van der Waals surface area (Å²) < 4.78 is 27.0. The predicted molar refractivity (Wildman–Crippen MR) is 76.0 cm³/mol. The van der Waals surface area contributed by atoms with Gasteiger partial charge in [-0.25, -0.2) is 13.5 Å². The van der Waals surface area contributed by atoms with Crippen LogP contribution in [0.2, 0.25) is 0 Å². The average molecular weight is 286 g/mol. The highest BCUT2D eigenvalue weighted by molar-refractivity contribution is 5.54. The summed E-state index contributed by atoms with van der Waals surface area (Å²) in [4.78, 5) is 4.00. The Balaban J connectivity index is 1.83. The molecule has 0 atom stereocenters. The summed E-state index contributed by atoms with van der Waals surface area (Å²) in [6.07, 6.45) is 2.58. The quantitative estimate of drug-likeness (QED) is 0.789. The van der Waals surface area contributed by atoms with Gasteiger partial charge in [-0.3, -0.25) is 4.98 Å². The molecule has 1 aromatic carbocycles. The van der Waals surface area contributed by atoms with Gasteiger partial charge in [-0.15, -0.1) is 0 Å². The number of halogens is 2. The third-order valence-electron chi connectivity index (χ3n) is 2.91. The van der Waals surface area contributed by atoms with Crippen LogP contribution in [0.4, 0.5) is 20.3 Å². The molecule has 2 heterocycles. The molecule has 0 unspecified atom stereocenters. The Morgan fingerprint density at radius 1 is 1.10 bits per heavy atom. The zero-order chi connectivity index (χ0) is 14.7. The largest absolute Gasteiger partial charge is 0.337 e. The van der Waals surface area contributed by atoms with Crippen molar-refractivity contribution in [1.82, 2.24) is 14.8 Å². The van der Waals surface area contributed by atoms with Gasteiger partial charge in [0.25, 0.3) is 6.43 Å². The van der Waals surface area contributed by atoms with Gasteiger partial charge in [0.1, 0.15) is 0 Å². The van der Waals surface area contributed by atoms with Gasteiger partial charge in [-0.1, -0.05) is 12.1 Å². The number of anilines is 2. The number of aromatic nitrogens is 3. The minimum atomic E-state index is -2.49. The molecule has 3 aromatic rings. The molecule has 0 radical (unpaired) electrons. The van der Waals surface area contributed by atoms with Gasteiger partial charge in [-0.05, 0) is 24.3 Å². The summed E-state index contributed by atoms with van der Waals surface area (Å²) in [6.45, 7) is 0. The Hall–Kier alpha value is -2.76. The van der Waals surface area contributed by atoms with Crippen molar-refractivity contribution in [2.45, 2.75) is 6.43 Å². The molecule has 4 nitrogen and oxygen atoms in total. The van der Waals surface area contributed by atoms with E-state index < -0.39 is 6.43 Å². The van der Waals surface area contributed by atoms with Crippen molar-refractivity contribution in [2.75, 3.05) is 5.32 Å². The third kappa shape index (κ3) is 3.05. The Bertz CT molecular complexity index is 725. The molecule has 0 aliphatic heterocycles. The molecule has 106 valence electrons. The van der Waals surface area contributed by atoms with E-state index in [1.807, 2.05) is 12.1 Å². The van der Waals surface area contributed by atoms with E-state index in [0.717, 1.165) is 5.69 Å². The second-order valence-corrected chi connectivity index (χ2v) is 4.41. The van der Waals surface area contributed by atoms with E-state index in [9.17, 15) is 8.78 Å². The molecule has 0 aliphatic carbocycles. The van der Waals surface area contributed by atoms with E-state index in [1.165, 1.54) is 12.1 Å². The van der Waals surface area contributed by atoms with Crippen LogP contribution in [-0.2, 0) is 0 Å². The van der Waals surface area contributed by atoms with Gasteiger partial charge in [-0.2, -0.15) is 5.10 Å². The normalized spacial score (nSPS) is 10.8. The fourth-order valence-electron chi connectivity index (χ4n) is 1.92. The lowest BCUT2D eigenvalue weighted by molar-refractivity contribution is 0.151. The van der Waals surface area contributed by atoms with Crippen molar-refractivity contribution in [1.29, 1.82) is 0 Å². The monoisotopic (exact) mass is 286 g/mol. The van der Waals surface area contributed by atoms with Gasteiger partial charge in [0, 0.05) is 24.0 Å². The highest BCUT2D eigenvalue weighted by Gasteiger charge is 2.08. The van der Waals surface area contributed by atoms with Crippen LogP contribution in [0.15, 0.2) is 61.1 Å². The van der Waals surface area contributed by atoms with Crippen molar-refractivity contribution in [3.05, 3.63) is 66.6 Å². The number of rotatable bonds is 4. The molecule has 6 heteroatoms. The number of pyridine rings is 1. The first-order chi connectivity index (χ1) is 10.2. The van der Waals surface area contributed by atoms with E-state index in [4.69, 9.17) is 0 Å². The van der Waals surface area contributed by atoms with Crippen LogP contribution in [0.1, 0.15) is 12.0 Å². The van der Waals surface area contributed by atoms with Gasteiger partial charge in [0.2, 0.25) is 0 Å². The molecule has 0 spiro atoms. The molecule has 3 rings (SSSR count). The topological polar surface area (TPSA) is 42.7 Å². The SMILES string of the molecule is FC(F)c1cccc(-n2ccc(Nc3cccnc3)n2)c1. The van der Waals surface area contributed by atoms with Gasteiger partial charge >= 0.3 is 0 Å². The summed E-state index contributed by atoms with van der Waals surface area (Å²) >= 11 is 0. The molecule has 2 aromatic heterocycles. The minimum absolute atomic E-state index is 0.0234. The second kappa shape index (κ2) is 5.70. The molecule has 0 bridgehead atoms. The van der Waals surface area contributed by atoms with Crippen LogP contribution in [0.5, 0.6) is 0 Å². The molecular weight excluding hydrogens is 274 g/mol. The lowest BCUT2D eigenvalue weighted by Crippen LogP contribution is -1.98. The molecule has 0 saturated heterocycles. The molecule has 0 amide bonds. The van der Waals surface area contributed by atoms with Crippen molar-refractivity contribution in [3.63, 3.8) is 0 Å². The van der Waals surface area contributed by atoms with Crippen LogP contribution in [0.25, 0.3) is 5.69 Å². The van der Waals surface area contributed by atoms with E-state index in [-0.39, 0.29) is 5.56 Å². The zero-order valence-corrected chi connectivity index (χ0v) is 10.9. The summed E-state index contributed by atoms with van der Waals surface area (Å²) in [5.41, 5.74) is 1.38. The molecular formula is C15H12F2N4. The first-order valence-electron chi connectivity index (χ1n) is 6.33.